The SMILES string of the molecule is CC(C)(C)OC(=O)N1CC[C@@H](Oc2cncc(Nc3cc(OC(F)F)[nH]n3)n2)[C@](C)(F)C1. The number of aromatic nitrogens is 4. The van der Waals surface area contributed by atoms with E-state index in [-0.39, 0.29) is 42.9 Å². The van der Waals surface area contributed by atoms with Crippen LogP contribution < -0.4 is 14.8 Å². The van der Waals surface area contributed by atoms with Gasteiger partial charge in [-0.2, -0.15) is 18.9 Å². The number of halogens is 3. The van der Waals surface area contributed by atoms with E-state index in [1.54, 1.807) is 20.8 Å². The first kappa shape index (κ1) is 23.4. The van der Waals surface area contributed by atoms with E-state index >= 15 is 4.39 Å². The summed E-state index contributed by atoms with van der Waals surface area (Å²) in [5.41, 5.74) is -2.54. The molecule has 1 saturated heterocycles. The van der Waals surface area contributed by atoms with Crippen LogP contribution >= 0.6 is 0 Å². The van der Waals surface area contributed by atoms with Crippen molar-refractivity contribution >= 4 is 17.7 Å². The fourth-order valence-electron chi connectivity index (χ4n) is 3.06. The number of hydrogen-bond acceptors (Lipinski definition) is 8. The standard InChI is InChI=1S/C19H25F3N6O4/c1-18(2,3)32-17(29)28-6-5-11(19(4,22)10-28)30-15-9-23-8-13(25-15)24-12-7-14(27-26-12)31-16(20)21/h7-9,11,16H,5-6,10H2,1-4H3,(H2,24,25,26,27)/t11-,19-/m1/s1. The van der Waals surface area contributed by atoms with E-state index < -0.39 is 30.1 Å². The molecule has 2 N–H and O–H groups in total. The molecule has 1 aliphatic rings. The van der Waals surface area contributed by atoms with Crippen LogP contribution in [0.2, 0.25) is 0 Å². The lowest BCUT2D eigenvalue weighted by molar-refractivity contribution is -0.0533. The number of rotatable bonds is 6. The Bertz CT molecular complexity index is 934. The van der Waals surface area contributed by atoms with Crippen LogP contribution in [-0.2, 0) is 4.74 Å². The minimum atomic E-state index is -2.99. The van der Waals surface area contributed by atoms with Crippen molar-refractivity contribution in [3.05, 3.63) is 18.5 Å². The molecule has 0 unspecified atom stereocenters. The van der Waals surface area contributed by atoms with Crippen LogP contribution in [0.3, 0.4) is 0 Å². The van der Waals surface area contributed by atoms with Crippen LogP contribution in [0.25, 0.3) is 0 Å². The van der Waals surface area contributed by atoms with Gasteiger partial charge in [0.05, 0.1) is 18.9 Å². The molecule has 13 heteroatoms. The van der Waals surface area contributed by atoms with Crippen LogP contribution in [0.4, 0.5) is 29.6 Å². The Morgan fingerprint density at radius 3 is 2.75 bits per heavy atom. The maximum absolute atomic E-state index is 15.3. The van der Waals surface area contributed by atoms with Gasteiger partial charge in [-0.15, -0.1) is 0 Å². The highest BCUT2D eigenvalue weighted by atomic mass is 19.3. The minimum absolute atomic E-state index is 0.0502. The normalized spacial score (nSPS) is 21.4. The summed E-state index contributed by atoms with van der Waals surface area (Å²) in [4.78, 5) is 21.7. The van der Waals surface area contributed by atoms with Crippen LogP contribution in [0.1, 0.15) is 34.1 Å². The maximum atomic E-state index is 15.3. The maximum Gasteiger partial charge on any atom is 0.410 e. The second-order valence-corrected chi connectivity index (χ2v) is 8.44. The van der Waals surface area contributed by atoms with E-state index in [4.69, 9.17) is 9.47 Å². The van der Waals surface area contributed by atoms with Crippen molar-refractivity contribution in [2.24, 2.45) is 0 Å². The first-order valence-electron chi connectivity index (χ1n) is 9.84. The van der Waals surface area contributed by atoms with Gasteiger partial charge >= 0.3 is 12.7 Å². The van der Waals surface area contributed by atoms with Gasteiger partial charge in [0.25, 0.3) is 0 Å². The highest BCUT2D eigenvalue weighted by molar-refractivity contribution is 5.68. The number of amides is 1. The lowest BCUT2D eigenvalue weighted by Gasteiger charge is -2.40. The number of ether oxygens (including phenoxy) is 3. The molecular formula is C19H25F3N6O4. The Balaban J connectivity index is 1.61. The Hall–Kier alpha value is -3.25. The Labute approximate surface area is 182 Å². The van der Waals surface area contributed by atoms with Crippen LogP contribution in [0, 0.1) is 0 Å². The average molecular weight is 458 g/mol. The summed E-state index contributed by atoms with van der Waals surface area (Å²) in [5, 5.41) is 8.82. The van der Waals surface area contributed by atoms with Gasteiger partial charge in [0.2, 0.25) is 11.8 Å². The predicted octanol–water partition coefficient (Wildman–Crippen LogP) is 3.66. The van der Waals surface area contributed by atoms with Crippen LogP contribution in [0.15, 0.2) is 18.5 Å². The molecule has 1 fully saturated rings. The molecule has 1 amide bonds. The molecule has 0 spiro atoms. The lowest BCUT2D eigenvalue weighted by Crippen LogP contribution is -2.56. The molecule has 0 bridgehead atoms. The fraction of sp³-hybridized carbons (Fsp3) is 0.579. The molecule has 3 heterocycles. The van der Waals surface area contributed by atoms with Gasteiger partial charge in [-0.3, -0.25) is 4.98 Å². The molecule has 10 nitrogen and oxygen atoms in total. The zero-order valence-corrected chi connectivity index (χ0v) is 18.1. The first-order chi connectivity index (χ1) is 14.9. The highest BCUT2D eigenvalue weighted by Crippen LogP contribution is 2.30. The van der Waals surface area contributed by atoms with Gasteiger partial charge in [0, 0.05) is 19.0 Å². The molecule has 176 valence electrons. The summed E-state index contributed by atoms with van der Waals surface area (Å²) in [6.45, 7) is 3.64. The average Bonchev–Trinajstić information content (AvgIpc) is 3.08. The third-order valence-corrected chi connectivity index (χ3v) is 4.39. The number of carbonyl (C=O) groups excluding carboxylic acids is 1. The number of H-pyrrole nitrogens is 1. The second kappa shape index (κ2) is 9.09. The van der Waals surface area contributed by atoms with Gasteiger partial charge < -0.3 is 24.4 Å². The zero-order valence-electron chi connectivity index (χ0n) is 18.1. The summed E-state index contributed by atoms with van der Waals surface area (Å²) < 4.78 is 55.0. The quantitative estimate of drug-likeness (QED) is 0.674. The van der Waals surface area contributed by atoms with E-state index in [0.717, 1.165) is 0 Å². The van der Waals surface area contributed by atoms with Gasteiger partial charge in [-0.1, -0.05) is 0 Å². The van der Waals surface area contributed by atoms with Gasteiger partial charge in [0.15, 0.2) is 17.3 Å². The lowest BCUT2D eigenvalue weighted by atomic mass is 9.93. The Morgan fingerprint density at radius 2 is 2.09 bits per heavy atom. The van der Waals surface area contributed by atoms with E-state index in [1.807, 2.05) is 0 Å². The molecule has 0 aromatic carbocycles. The highest BCUT2D eigenvalue weighted by Gasteiger charge is 2.44. The smallest absolute Gasteiger partial charge is 0.410 e. The summed E-state index contributed by atoms with van der Waals surface area (Å²) in [6, 6.07) is 1.21. The number of carbonyl (C=O) groups is 1. The van der Waals surface area contributed by atoms with Gasteiger partial charge in [0.1, 0.15) is 11.7 Å². The van der Waals surface area contributed by atoms with E-state index in [9.17, 15) is 13.6 Å². The molecule has 0 aliphatic carbocycles. The molecule has 0 radical (unpaired) electrons. The van der Waals surface area contributed by atoms with E-state index in [0.29, 0.717) is 0 Å². The topological polar surface area (TPSA) is 114 Å². The predicted molar refractivity (Wildman–Crippen MR) is 107 cm³/mol. The van der Waals surface area contributed by atoms with E-state index in [1.165, 1.54) is 30.3 Å². The molecule has 2 aromatic rings. The molecule has 1 aliphatic heterocycles. The van der Waals surface area contributed by atoms with Crippen molar-refractivity contribution < 1.29 is 32.2 Å². The van der Waals surface area contributed by atoms with Crippen molar-refractivity contribution in [2.75, 3.05) is 18.4 Å². The Morgan fingerprint density at radius 1 is 1.34 bits per heavy atom. The molecule has 32 heavy (non-hydrogen) atoms. The molecule has 2 aromatic heterocycles. The second-order valence-electron chi connectivity index (χ2n) is 8.44. The van der Waals surface area contributed by atoms with Crippen molar-refractivity contribution in [1.29, 1.82) is 0 Å². The van der Waals surface area contributed by atoms with Crippen molar-refractivity contribution in [3.8, 4) is 11.8 Å². The number of aromatic amines is 1. The number of alkyl halides is 3. The third-order valence-electron chi connectivity index (χ3n) is 4.39. The Kier molecular flexibility index (Phi) is 6.65. The fourth-order valence-corrected chi connectivity index (χ4v) is 3.06. The van der Waals surface area contributed by atoms with E-state index in [2.05, 4.69) is 30.2 Å². The molecular weight excluding hydrogens is 433 g/mol. The van der Waals surface area contributed by atoms with Crippen molar-refractivity contribution in [3.63, 3.8) is 0 Å². The molecule has 3 rings (SSSR count). The number of piperidine rings is 1. The number of likely N-dealkylation sites (tertiary alicyclic amines) is 1. The zero-order chi connectivity index (χ0) is 23.5. The molecule has 2 atom stereocenters. The number of hydrogen-bond donors (Lipinski definition) is 2. The summed E-state index contributed by atoms with van der Waals surface area (Å²) >= 11 is 0. The van der Waals surface area contributed by atoms with Crippen LogP contribution in [0.5, 0.6) is 11.8 Å². The first-order valence-corrected chi connectivity index (χ1v) is 9.84. The summed E-state index contributed by atoms with van der Waals surface area (Å²) in [7, 11) is 0. The third kappa shape index (κ3) is 6.37. The summed E-state index contributed by atoms with van der Waals surface area (Å²) in [5.74, 6) is 0.180. The van der Waals surface area contributed by atoms with Gasteiger partial charge in [-0.25, -0.2) is 14.3 Å². The molecule has 0 saturated carbocycles. The number of nitrogens with one attached hydrogen (secondary N) is 2. The number of anilines is 2. The van der Waals surface area contributed by atoms with Crippen LogP contribution in [-0.4, -0.2) is 68.2 Å². The van der Waals surface area contributed by atoms with Crippen molar-refractivity contribution in [1.82, 2.24) is 25.1 Å². The van der Waals surface area contributed by atoms with Crippen molar-refractivity contribution in [2.45, 2.75) is 58.1 Å². The largest absolute Gasteiger partial charge is 0.470 e. The summed E-state index contributed by atoms with van der Waals surface area (Å²) in [6.07, 6.45) is 1.44. The monoisotopic (exact) mass is 458 g/mol. The van der Waals surface area contributed by atoms with Gasteiger partial charge in [-0.05, 0) is 27.7 Å². The minimum Gasteiger partial charge on any atom is -0.470 e. The number of nitrogens with zero attached hydrogens (tertiary/aromatic N) is 4.